The molecule has 1 rings (SSSR count). The number of halogens is 2. The Morgan fingerprint density at radius 1 is 1.45 bits per heavy atom. The maximum atomic E-state index is 9.16. The van der Waals surface area contributed by atoms with E-state index >= 15 is 0 Å². The van der Waals surface area contributed by atoms with Gasteiger partial charge in [0.05, 0.1) is 6.10 Å². The zero-order valence-electron chi connectivity index (χ0n) is 6.62. The van der Waals surface area contributed by atoms with Crippen LogP contribution in [-0.4, -0.2) is 49.3 Å². The van der Waals surface area contributed by atoms with Crippen molar-refractivity contribution in [3.63, 3.8) is 0 Å². The van der Waals surface area contributed by atoms with Crippen molar-refractivity contribution < 1.29 is 5.11 Å². The molecule has 11 heavy (non-hydrogen) atoms. The first-order valence-corrected chi connectivity index (χ1v) is 3.36. The Morgan fingerprint density at radius 3 is 2.73 bits per heavy atom. The van der Waals surface area contributed by atoms with Crippen LogP contribution in [0, 0.1) is 0 Å². The van der Waals surface area contributed by atoms with Crippen LogP contribution in [0.2, 0.25) is 0 Å². The lowest BCUT2D eigenvalue weighted by molar-refractivity contribution is 0.143. The summed E-state index contributed by atoms with van der Waals surface area (Å²) in [5.74, 6) is 0. The molecule has 0 amide bonds. The second kappa shape index (κ2) is 7.13. The van der Waals surface area contributed by atoms with E-state index in [2.05, 4.69) is 10.2 Å². The van der Waals surface area contributed by atoms with Gasteiger partial charge in [0.15, 0.2) is 0 Å². The number of aliphatic hydroxyl groups excluding tert-OH is 1. The molecule has 0 aromatic carbocycles. The van der Waals surface area contributed by atoms with Crippen LogP contribution in [0.5, 0.6) is 0 Å². The third-order valence-corrected chi connectivity index (χ3v) is 1.57. The Morgan fingerprint density at radius 2 is 2.09 bits per heavy atom. The lowest BCUT2D eigenvalue weighted by atomic mass is 10.3. The highest BCUT2D eigenvalue weighted by atomic mass is 35.5. The van der Waals surface area contributed by atoms with Gasteiger partial charge < -0.3 is 15.3 Å². The molecular formula is C6H16Cl2N2O. The van der Waals surface area contributed by atoms with Gasteiger partial charge in [0, 0.05) is 26.2 Å². The van der Waals surface area contributed by atoms with Crippen molar-refractivity contribution in [2.45, 2.75) is 6.10 Å². The predicted octanol–water partition coefficient (Wildman–Crippen LogP) is -0.274. The Balaban J connectivity index is 0. The summed E-state index contributed by atoms with van der Waals surface area (Å²) in [7, 11) is 2.02. The third kappa shape index (κ3) is 5.70. The van der Waals surface area contributed by atoms with Gasteiger partial charge in [-0.3, -0.25) is 0 Å². The summed E-state index contributed by atoms with van der Waals surface area (Å²) in [5.41, 5.74) is 0. The molecule has 0 bridgehead atoms. The van der Waals surface area contributed by atoms with E-state index in [9.17, 15) is 0 Å². The van der Waals surface area contributed by atoms with Crippen LogP contribution < -0.4 is 5.32 Å². The SMILES string of the molecule is CN1CCNCC(O)C1.Cl.Cl. The lowest BCUT2D eigenvalue weighted by Crippen LogP contribution is -2.29. The minimum absolute atomic E-state index is 0. The molecule has 1 heterocycles. The molecule has 0 aliphatic carbocycles. The number of β-amino-alcohol motifs (C(OH)–C–C–N with tert-alkyl or cyclic N) is 1. The fourth-order valence-corrected chi connectivity index (χ4v) is 1.05. The van der Waals surface area contributed by atoms with Gasteiger partial charge >= 0.3 is 0 Å². The van der Waals surface area contributed by atoms with Crippen molar-refractivity contribution in [1.82, 2.24) is 10.2 Å². The van der Waals surface area contributed by atoms with Gasteiger partial charge in [-0.1, -0.05) is 0 Å². The number of nitrogens with zero attached hydrogens (tertiary/aromatic N) is 1. The van der Waals surface area contributed by atoms with Gasteiger partial charge in [-0.15, -0.1) is 24.8 Å². The van der Waals surface area contributed by atoms with Crippen molar-refractivity contribution in [3.8, 4) is 0 Å². The molecule has 1 aliphatic rings. The Hall–Kier alpha value is 0.460. The third-order valence-electron chi connectivity index (χ3n) is 1.57. The number of hydrogen-bond acceptors (Lipinski definition) is 3. The molecule has 1 aliphatic heterocycles. The van der Waals surface area contributed by atoms with Gasteiger partial charge in [0.2, 0.25) is 0 Å². The smallest absolute Gasteiger partial charge is 0.0791 e. The van der Waals surface area contributed by atoms with E-state index in [-0.39, 0.29) is 30.9 Å². The topological polar surface area (TPSA) is 35.5 Å². The standard InChI is InChI=1S/C6H14N2O.2ClH/c1-8-3-2-7-4-6(9)5-8;;/h6-7,9H,2-5H2,1H3;2*1H. The first kappa shape index (κ1) is 14.0. The second-order valence-electron chi connectivity index (χ2n) is 2.62. The molecule has 70 valence electrons. The average molecular weight is 203 g/mol. The van der Waals surface area contributed by atoms with Crippen molar-refractivity contribution in [2.24, 2.45) is 0 Å². The van der Waals surface area contributed by atoms with Crippen LogP contribution >= 0.6 is 24.8 Å². The Labute approximate surface area is 80.0 Å². The molecule has 5 heteroatoms. The number of nitrogens with one attached hydrogen (secondary N) is 1. The lowest BCUT2D eigenvalue weighted by Gasteiger charge is -2.13. The van der Waals surface area contributed by atoms with Crippen LogP contribution in [0.15, 0.2) is 0 Å². The first-order valence-electron chi connectivity index (χ1n) is 3.36. The maximum absolute atomic E-state index is 9.16. The van der Waals surface area contributed by atoms with Gasteiger partial charge in [-0.25, -0.2) is 0 Å². The minimum Gasteiger partial charge on any atom is -0.390 e. The Kier molecular flexibility index (Phi) is 9.08. The van der Waals surface area contributed by atoms with Gasteiger partial charge in [-0.05, 0) is 7.05 Å². The van der Waals surface area contributed by atoms with E-state index in [0.29, 0.717) is 0 Å². The monoisotopic (exact) mass is 202 g/mol. The summed E-state index contributed by atoms with van der Waals surface area (Å²) in [6.07, 6.45) is -0.183. The quantitative estimate of drug-likeness (QED) is 0.568. The van der Waals surface area contributed by atoms with E-state index in [4.69, 9.17) is 5.11 Å². The predicted molar refractivity (Wildman–Crippen MR) is 50.9 cm³/mol. The summed E-state index contributed by atoms with van der Waals surface area (Å²) in [4.78, 5) is 2.13. The van der Waals surface area contributed by atoms with E-state index in [1.165, 1.54) is 0 Å². The highest BCUT2D eigenvalue weighted by molar-refractivity contribution is 5.85. The summed E-state index contributed by atoms with van der Waals surface area (Å²) >= 11 is 0. The van der Waals surface area contributed by atoms with Gasteiger partial charge in [-0.2, -0.15) is 0 Å². The van der Waals surface area contributed by atoms with Crippen LogP contribution in [0.25, 0.3) is 0 Å². The summed E-state index contributed by atoms with van der Waals surface area (Å²) in [6.45, 7) is 3.57. The summed E-state index contributed by atoms with van der Waals surface area (Å²) in [6, 6.07) is 0. The maximum Gasteiger partial charge on any atom is 0.0791 e. The van der Waals surface area contributed by atoms with Crippen LogP contribution in [-0.2, 0) is 0 Å². The molecule has 0 spiro atoms. The fraction of sp³-hybridized carbons (Fsp3) is 1.00. The average Bonchev–Trinajstić information content (AvgIpc) is 1.93. The van der Waals surface area contributed by atoms with Crippen molar-refractivity contribution >= 4 is 24.8 Å². The van der Waals surface area contributed by atoms with E-state index in [1.54, 1.807) is 0 Å². The molecule has 0 radical (unpaired) electrons. The summed E-state index contributed by atoms with van der Waals surface area (Å²) in [5, 5.41) is 12.3. The first-order chi connectivity index (χ1) is 4.29. The number of likely N-dealkylation sites (N-methyl/N-ethyl adjacent to an activating group) is 1. The van der Waals surface area contributed by atoms with Gasteiger partial charge in [0.1, 0.15) is 0 Å². The van der Waals surface area contributed by atoms with Crippen LogP contribution in [0.3, 0.4) is 0 Å². The second-order valence-corrected chi connectivity index (χ2v) is 2.62. The zero-order chi connectivity index (χ0) is 6.69. The number of hydrogen-bond donors (Lipinski definition) is 2. The zero-order valence-corrected chi connectivity index (χ0v) is 8.25. The molecule has 3 nitrogen and oxygen atoms in total. The highest BCUT2D eigenvalue weighted by Gasteiger charge is 2.10. The van der Waals surface area contributed by atoms with Crippen molar-refractivity contribution in [1.29, 1.82) is 0 Å². The van der Waals surface area contributed by atoms with Gasteiger partial charge in [0.25, 0.3) is 0 Å². The van der Waals surface area contributed by atoms with Crippen molar-refractivity contribution in [3.05, 3.63) is 0 Å². The van der Waals surface area contributed by atoms with E-state index in [1.807, 2.05) is 7.05 Å². The largest absolute Gasteiger partial charge is 0.390 e. The van der Waals surface area contributed by atoms with Crippen molar-refractivity contribution in [2.75, 3.05) is 33.2 Å². The highest BCUT2D eigenvalue weighted by Crippen LogP contribution is 1.90. The molecule has 1 saturated heterocycles. The Bertz CT molecular complexity index is 84.7. The summed E-state index contributed by atoms with van der Waals surface area (Å²) < 4.78 is 0. The molecule has 1 fully saturated rings. The molecule has 2 N–H and O–H groups in total. The molecule has 0 saturated carbocycles. The minimum atomic E-state index is -0.183. The molecule has 0 aromatic heterocycles. The van der Waals surface area contributed by atoms with Crippen LogP contribution in [0.4, 0.5) is 0 Å². The number of aliphatic hydroxyl groups is 1. The fourth-order valence-electron chi connectivity index (χ4n) is 1.05. The molecular weight excluding hydrogens is 187 g/mol. The molecule has 1 atom stereocenters. The van der Waals surface area contributed by atoms with Crippen LogP contribution in [0.1, 0.15) is 0 Å². The van der Waals surface area contributed by atoms with E-state index < -0.39 is 0 Å². The number of rotatable bonds is 0. The normalized spacial score (nSPS) is 26.2. The molecule has 1 unspecified atom stereocenters. The molecule has 0 aromatic rings. The van der Waals surface area contributed by atoms with E-state index in [0.717, 1.165) is 26.2 Å².